The summed E-state index contributed by atoms with van der Waals surface area (Å²) in [6.45, 7) is 4.94. The average Bonchev–Trinajstić information content (AvgIpc) is 2.12. The molecule has 0 nitrogen and oxygen atoms in total. The Bertz CT molecular complexity index is 322. The van der Waals surface area contributed by atoms with Crippen LogP contribution in [0.3, 0.4) is 0 Å². The lowest BCUT2D eigenvalue weighted by atomic mass is 9.21. The molecule has 4 rings (SSSR count). The minimum Gasteiger partial charge on any atom is -0.171 e. The molecule has 4 fully saturated rings. The first kappa shape index (κ1) is 8.88. The van der Waals surface area contributed by atoms with Gasteiger partial charge in [0.15, 0.2) is 0 Å². The summed E-state index contributed by atoms with van der Waals surface area (Å²) in [4.78, 5) is 0. The highest BCUT2D eigenvalue weighted by Crippen LogP contribution is 2.88. The fraction of sp³-hybridized carbons (Fsp3) is 1.00. The molecule has 9 unspecified atom stereocenters. The SMILES string of the molecule is CC1CC2C1C1(S)C2C2CC(P)C21C. The Kier molecular flexibility index (Phi) is 1.33. The van der Waals surface area contributed by atoms with Crippen LogP contribution in [0.2, 0.25) is 0 Å². The Morgan fingerprint density at radius 1 is 1.29 bits per heavy atom. The molecule has 4 saturated carbocycles. The molecule has 0 amide bonds. The highest BCUT2D eigenvalue weighted by molar-refractivity contribution is 7.82. The zero-order valence-electron chi connectivity index (χ0n) is 8.90. The van der Waals surface area contributed by atoms with E-state index in [4.69, 9.17) is 12.6 Å². The normalized spacial score (nSPS) is 78.0. The summed E-state index contributed by atoms with van der Waals surface area (Å²) in [6, 6.07) is 0. The zero-order valence-corrected chi connectivity index (χ0v) is 11.0. The minimum absolute atomic E-state index is 0.449. The van der Waals surface area contributed by atoms with Crippen molar-refractivity contribution in [1.82, 2.24) is 0 Å². The van der Waals surface area contributed by atoms with Crippen LogP contribution in [0.25, 0.3) is 0 Å². The highest BCUT2D eigenvalue weighted by Gasteiger charge is 2.87. The van der Waals surface area contributed by atoms with E-state index >= 15 is 0 Å². The fourth-order valence-corrected chi connectivity index (χ4v) is 7.83. The van der Waals surface area contributed by atoms with Crippen molar-refractivity contribution in [2.75, 3.05) is 0 Å². The molecule has 14 heavy (non-hydrogen) atoms. The van der Waals surface area contributed by atoms with Crippen LogP contribution in [0.5, 0.6) is 0 Å². The number of hydrogen-bond donors (Lipinski definition) is 1. The summed E-state index contributed by atoms with van der Waals surface area (Å²) < 4.78 is 0.449. The third-order valence-corrected chi connectivity index (χ3v) is 8.58. The lowest BCUT2D eigenvalue weighted by molar-refractivity contribution is -0.324. The van der Waals surface area contributed by atoms with Gasteiger partial charge >= 0.3 is 0 Å². The van der Waals surface area contributed by atoms with Crippen LogP contribution < -0.4 is 0 Å². The van der Waals surface area contributed by atoms with Crippen molar-refractivity contribution in [1.29, 1.82) is 0 Å². The molecule has 0 aromatic heterocycles. The van der Waals surface area contributed by atoms with Crippen LogP contribution in [-0.4, -0.2) is 10.4 Å². The van der Waals surface area contributed by atoms with E-state index in [9.17, 15) is 0 Å². The second kappa shape index (κ2) is 2.09. The van der Waals surface area contributed by atoms with Gasteiger partial charge in [-0.15, -0.1) is 9.24 Å². The van der Waals surface area contributed by atoms with E-state index in [1.807, 2.05) is 0 Å². The lowest BCUT2D eigenvalue weighted by Gasteiger charge is -2.89. The van der Waals surface area contributed by atoms with Crippen LogP contribution >= 0.6 is 21.9 Å². The second-order valence-electron chi connectivity index (χ2n) is 6.49. The predicted octanol–water partition coefficient (Wildman–Crippen LogP) is 2.84. The first-order valence-corrected chi connectivity index (χ1v) is 7.12. The van der Waals surface area contributed by atoms with E-state index in [0.29, 0.717) is 10.2 Å². The maximum Gasteiger partial charge on any atom is 0.0259 e. The number of hydrogen-bond acceptors (Lipinski definition) is 1. The summed E-state index contributed by atoms with van der Waals surface area (Å²) in [6.07, 6.45) is 2.97. The van der Waals surface area contributed by atoms with Crippen LogP contribution in [0.15, 0.2) is 0 Å². The molecule has 0 aliphatic heterocycles. The molecule has 0 spiro atoms. The molecule has 4 aliphatic carbocycles. The largest absolute Gasteiger partial charge is 0.171 e. The van der Waals surface area contributed by atoms with E-state index in [2.05, 4.69) is 23.1 Å². The van der Waals surface area contributed by atoms with Crippen molar-refractivity contribution < 1.29 is 0 Å². The maximum atomic E-state index is 5.12. The van der Waals surface area contributed by atoms with Gasteiger partial charge in [0.05, 0.1) is 0 Å². The topological polar surface area (TPSA) is 0 Å². The molecule has 0 saturated heterocycles. The van der Waals surface area contributed by atoms with Crippen molar-refractivity contribution in [3.05, 3.63) is 0 Å². The van der Waals surface area contributed by atoms with Crippen LogP contribution in [-0.2, 0) is 0 Å². The molecule has 78 valence electrons. The molecule has 9 atom stereocenters. The van der Waals surface area contributed by atoms with Gasteiger partial charge in [-0.3, -0.25) is 0 Å². The van der Waals surface area contributed by atoms with Crippen molar-refractivity contribution in [2.45, 2.75) is 37.1 Å². The quantitative estimate of drug-likeness (QED) is 0.476. The van der Waals surface area contributed by atoms with Gasteiger partial charge in [0, 0.05) is 4.75 Å². The molecule has 0 aromatic rings. The molecular weight excluding hydrogens is 207 g/mol. The van der Waals surface area contributed by atoms with Crippen molar-refractivity contribution in [3.8, 4) is 0 Å². The Balaban J connectivity index is 1.74. The molecule has 0 radical (unpaired) electrons. The summed E-state index contributed by atoms with van der Waals surface area (Å²) in [5, 5.41) is 0. The first-order valence-electron chi connectivity index (χ1n) is 6.01. The molecular formula is C12H19PS. The maximum absolute atomic E-state index is 5.12. The van der Waals surface area contributed by atoms with E-state index < -0.39 is 0 Å². The monoisotopic (exact) mass is 226 g/mol. The van der Waals surface area contributed by atoms with Gasteiger partial charge in [0.25, 0.3) is 0 Å². The van der Waals surface area contributed by atoms with Gasteiger partial charge < -0.3 is 0 Å². The second-order valence-corrected chi connectivity index (χ2v) is 8.03. The van der Waals surface area contributed by atoms with E-state index in [1.165, 1.54) is 12.8 Å². The number of thiol groups is 1. The molecule has 2 heteroatoms. The zero-order chi connectivity index (χ0) is 9.88. The predicted molar refractivity (Wildman–Crippen MR) is 65.7 cm³/mol. The van der Waals surface area contributed by atoms with Crippen LogP contribution in [0.1, 0.15) is 26.7 Å². The highest BCUT2D eigenvalue weighted by atomic mass is 32.1. The van der Waals surface area contributed by atoms with Crippen molar-refractivity contribution in [2.24, 2.45) is 35.0 Å². The smallest absolute Gasteiger partial charge is 0.0259 e. The van der Waals surface area contributed by atoms with Gasteiger partial charge in [0.2, 0.25) is 0 Å². The standard InChI is InChI=1S/C12H19PS/c1-5-3-6-9(5)12(14)10(6)7-4-8(13)11(7,12)2/h5-10,14H,3-4,13H2,1-2H3. The Morgan fingerprint density at radius 3 is 2.57 bits per heavy atom. The van der Waals surface area contributed by atoms with E-state index in [0.717, 1.165) is 35.2 Å². The van der Waals surface area contributed by atoms with Crippen LogP contribution in [0, 0.1) is 35.0 Å². The minimum atomic E-state index is 0.449. The Labute approximate surface area is 94.2 Å². The third-order valence-electron chi connectivity index (χ3n) is 6.54. The van der Waals surface area contributed by atoms with Gasteiger partial charge in [0.1, 0.15) is 0 Å². The van der Waals surface area contributed by atoms with E-state index in [-0.39, 0.29) is 0 Å². The summed E-state index contributed by atoms with van der Waals surface area (Å²) in [5.74, 6) is 5.06. The Morgan fingerprint density at radius 2 is 2.00 bits per heavy atom. The van der Waals surface area contributed by atoms with Gasteiger partial charge in [-0.05, 0) is 53.5 Å². The first-order chi connectivity index (χ1) is 6.53. The fourth-order valence-electron chi connectivity index (χ4n) is 5.73. The molecule has 4 aliphatic rings. The lowest BCUT2D eigenvalue weighted by Crippen LogP contribution is -2.90. The summed E-state index contributed by atoms with van der Waals surface area (Å²) >= 11 is 5.12. The molecule has 0 heterocycles. The Hall–Kier alpha value is 0.780. The van der Waals surface area contributed by atoms with Gasteiger partial charge in [-0.1, -0.05) is 13.8 Å². The third kappa shape index (κ3) is 0.531. The van der Waals surface area contributed by atoms with Crippen molar-refractivity contribution in [3.63, 3.8) is 0 Å². The molecule has 0 N–H and O–H groups in total. The average molecular weight is 226 g/mol. The van der Waals surface area contributed by atoms with Crippen molar-refractivity contribution >= 4 is 21.9 Å². The number of fused-ring (bicyclic) bond motifs is 7. The summed E-state index contributed by atoms with van der Waals surface area (Å²) in [7, 11) is 3.07. The summed E-state index contributed by atoms with van der Waals surface area (Å²) in [5.41, 5.74) is 1.44. The molecule has 0 aromatic carbocycles. The van der Waals surface area contributed by atoms with Gasteiger partial charge in [-0.2, -0.15) is 12.6 Å². The number of rotatable bonds is 0. The van der Waals surface area contributed by atoms with Gasteiger partial charge in [-0.25, -0.2) is 0 Å². The van der Waals surface area contributed by atoms with E-state index in [1.54, 1.807) is 0 Å². The molecule has 0 bridgehead atoms. The van der Waals surface area contributed by atoms with Crippen LogP contribution in [0.4, 0.5) is 0 Å².